The van der Waals surface area contributed by atoms with Gasteiger partial charge < -0.3 is 5.11 Å². The van der Waals surface area contributed by atoms with Crippen molar-refractivity contribution in [3.63, 3.8) is 0 Å². The van der Waals surface area contributed by atoms with Gasteiger partial charge in [0, 0.05) is 11.8 Å². The lowest BCUT2D eigenvalue weighted by atomic mass is 9.54. The zero-order valence-corrected chi connectivity index (χ0v) is 7.07. The van der Waals surface area contributed by atoms with Gasteiger partial charge in [-0.1, -0.05) is 0 Å². The van der Waals surface area contributed by atoms with Crippen molar-refractivity contribution in [3.05, 3.63) is 0 Å². The molecule has 0 aromatic rings. The van der Waals surface area contributed by atoms with Crippen molar-refractivity contribution in [2.75, 3.05) is 0 Å². The molecule has 4 aliphatic carbocycles. The first-order chi connectivity index (χ1) is 5.75. The second kappa shape index (κ2) is 2.11. The quantitative estimate of drug-likeness (QED) is 0.582. The van der Waals surface area contributed by atoms with E-state index in [-0.39, 0.29) is 12.0 Å². The van der Waals surface area contributed by atoms with Crippen LogP contribution in [-0.2, 0) is 4.79 Å². The fraction of sp³-hybridized carbons (Fsp3) is 0.900. The Balaban J connectivity index is 1.98. The summed E-state index contributed by atoms with van der Waals surface area (Å²) in [5, 5.41) is 9.78. The number of carbonyl (C=O) groups is 1. The molecule has 0 heterocycles. The molecule has 2 nitrogen and oxygen atoms in total. The minimum Gasteiger partial charge on any atom is -0.392 e. The molecule has 0 radical (unpaired) electrons. The van der Waals surface area contributed by atoms with Gasteiger partial charge in [-0.25, -0.2) is 0 Å². The average Bonchev–Trinajstić information content (AvgIpc) is 2.07. The number of aliphatic hydroxyl groups excluding tert-OH is 1. The topological polar surface area (TPSA) is 37.3 Å². The standard InChI is InChI=1S/C10H14O2/c11-9-6-1-5-2-7(4-6)10(12)8(9)3-5/h5-9,11H,1-4H2/t5-,6+,7-,8+,9-/m0/s1. The van der Waals surface area contributed by atoms with E-state index in [4.69, 9.17) is 0 Å². The Bertz CT molecular complexity index is 236. The van der Waals surface area contributed by atoms with E-state index in [0.717, 1.165) is 25.2 Å². The number of rotatable bonds is 0. The van der Waals surface area contributed by atoms with Gasteiger partial charge in [-0.3, -0.25) is 4.79 Å². The number of Topliss-reactive ketones (excluding diaryl/α,β-unsaturated/α-hetero) is 1. The monoisotopic (exact) mass is 166 g/mol. The Labute approximate surface area is 72.0 Å². The Kier molecular flexibility index (Phi) is 1.24. The van der Waals surface area contributed by atoms with Crippen molar-refractivity contribution in [2.24, 2.45) is 23.7 Å². The molecule has 4 rings (SSSR count). The maximum Gasteiger partial charge on any atom is 0.141 e. The maximum absolute atomic E-state index is 11.6. The number of carbonyl (C=O) groups excluding carboxylic acids is 1. The number of hydrogen-bond donors (Lipinski definition) is 1. The van der Waals surface area contributed by atoms with Crippen molar-refractivity contribution in [2.45, 2.75) is 31.8 Å². The molecule has 4 aliphatic rings. The Morgan fingerprint density at radius 3 is 2.83 bits per heavy atom. The molecule has 12 heavy (non-hydrogen) atoms. The molecule has 5 atom stereocenters. The summed E-state index contributed by atoms with van der Waals surface area (Å²) in [7, 11) is 0. The van der Waals surface area contributed by atoms with Crippen molar-refractivity contribution < 1.29 is 9.90 Å². The summed E-state index contributed by atoms with van der Waals surface area (Å²) >= 11 is 0. The Morgan fingerprint density at radius 2 is 2.00 bits per heavy atom. The summed E-state index contributed by atoms with van der Waals surface area (Å²) in [5.74, 6) is 1.96. The third-order valence-electron chi connectivity index (χ3n) is 4.09. The number of ketones is 1. The predicted molar refractivity (Wildman–Crippen MR) is 43.4 cm³/mol. The van der Waals surface area contributed by atoms with E-state index in [0.29, 0.717) is 17.6 Å². The molecule has 0 amide bonds. The first-order valence-electron chi connectivity index (χ1n) is 4.97. The van der Waals surface area contributed by atoms with Crippen LogP contribution in [-0.4, -0.2) is 17.0 Å². The lowest BCUT2D eigenvalue weighted by Crippen LogP contribution is -2.53. The van der Waals surface area contributed by atoms with Gasteiger partial charge in [0.25, 0.3) is 0 Å². The highest BCUT2D eigenvalue weighted by molar-refractivity contribution is 5.86. The predicted octanol–water partition coefficient (Wildman–Crippen LogP) is 0.982. The third-order valence-corrected chi connectivity index (χ3v) is 4.09. The van der Waals surface area contributed by atoms with E-state index in [2.05, 4.69) is 0 Å². The van der Waals surface area contributed by atoms with Gasteiger partial charge >= 0.3 is 0 Å². The van der Waals surface area contributed by atoms with Crippen molar-refractivity contribution in [3.8, 4) is 0 Å². The SMILES string of the molecule is O=C1[C@H]2C[C@@H]3C[C@H](C2)[C@H](O)[C@H]1C3. The van der Waals surface area contributed by atoms with Crippen LogP contribution >= 0.6 is 0 Å². The normalized spacial score (nSPS) is 56.4. The summed E-state index contributed by atoms with van der Waals surface area (Å²) in [6.07, 6.45) is 3.98. The van der Waals surface area contributed by atoms with Crippen LogP contribution in [0.4, 0.5) is 0 Å². The van der Waals surface area contributed by atoms with Gasteiger partial charge in [0.1, 0.15) is 5.78 Å². The average molecular weight is 166 g/mol. The van der Waals surface area contributed by atoms with Gasteiger partial charge in [-0.05, 0) is 37.5 Å². The fourth-order valence-corrected chi connectivity index (χ4v) is 3.60. The van der Waals surface area contributed by atoms with Gasteiger partial charge in [-0.15, -0.1) is 0 Å². The van der Waals surface area contributed by atoms with Gasteiger partial charge in [-0.2, -0.15) is 0 Å². The van der Waals surface area contributed by atoms with Crippen LogP contribution in [0.1, 0.15) is 25.7 Å². The second-order valence-electron chi connectivity index (χ2n) is 4.77. The minimum absolute atomic E-state index is 0.0289. The summed E-state index contributed by atoms with van der Waals surface area (Å²) in [6, 6.07) is 0. The number of aliphatic hydroxyl groups is 1. The van der Waals surface area contributed by atoms with E-state index in [1.165, 1.54) is 6.42 Å². The Morgan fingerprint density at radius 1 is 1.17 bits per heavy atom. The van der Waals surface area contributed by atoms with E-state index in [1.807, 2.05) is 0 Å². The van der Waals surface area contributed by atoms with E-state index < -0.39 is 0 Å². The lowest BCUT2D eigenvalue weighted by Gasteiger charge is -2.51. The van der Waals surface area contributed by atoms with E-state index in [9.17, 15) is 9.90 Å². The van der Waals surface area contributed by atoms with Crippen molar-refractivity contribution >= 4 is 5.78 Å². The lowest BCUT2D eigenvalue weighted by molar-refractivity contribution is -0.154. The molecule has 0 aromatic carbocycles. The molecule has 1 N–H and O–H groups in total. The summed E-state index contributed by atoms with van der Waals surface area (Å²) in [5.41, 5.74) is 0. The van der Waals surface area contributed by atoms with Crippen molar-refractivity contribution in [1.29, 1.82) is 0 Å². The smallest absolute Gasteiger partial charge is 0.141 e. The largest absolute Gasteiger partial charge is 0.392 e. The maximum atomic E-state index is 11.6. The van der Waals surface area contributed by atoms with Crippen LogP contribution in [0.15, 0.2) is 0 Å². The summed E-state index contributed by atoms with van der Waals surface area (Å²) < 4.78 is 0. The highest BCUT2D eigenvalue weighted by Gasteiger charge is 2.52. The molecule has 0 spiro atoms. The second-order valence-corrected chi connectivity index (χ2v) is 4.77. The van der Waals surface area contributed by atoms with Gasteiger partial charge in [0.05, 0.1) is 6.10 Å². The highest BCUT2D eigenvalue weighted by Crippen LogP contribution is 2.51. The zero-order chi connectivity index (χ0) is 8.29. The van der Waals surface area contributed by atoms with Gasteiger partial charge in [0.15, 0.2) is 0 Å². The zero-order valence-electron chi connectivity index (χ0n) is 7.07. The molecule has 0 aliphatic heterocycles. The van der Waals surface area contributed by atoms with E-state index in [1.54, 1.807) is 0 Å². The molecular weight excluding hydrogens is 152 g/mol. The van der Waals surface area contributed by atoms with Crippen LogP contribution in [0.25, 0.3) is 0 Å². The molecule has 66 valence electrons. The van der Waals surface area contributed by atoms with Crippen LogP contribution in [0.3, 0.4) is 0 Å². The molecule has 4 fully saturated rings. The van der Waals surface area contributed by atoms with Crippen LogP contribution in [0, 0.1) is 23.7 Å². The van der Waals surface area contributed by atoms with Crippen LogP contribution < -0.4 is 0 Å². The molecule has 2 heteroatoms. The van der Waals surface area contributed by atoms with Crippen molar-refractivity contribution in [1.82, 2.24) is 0 Å². The van der Waals surface area contributed by atoms with Crippen LogP contribution in [0.5, 0.6) is 0 Å². The van der Waals surface area contributed by atoms with Crippen LogP contribution in [0.2, 0.25) is 0 Å². The fourth-order valence-electron chi connectivity index (χ4n) is 3.60. The molecule has 4 saturated carbocycles. The minimum atomic E-state index is -0.287. The Hall–Kier alpha value is -0.370. The molecule has 0 saturated heterocycles. The molecular formula is C10H14O2. The molecule has 4 bridgehead atoms. The third kappa shape index (κ3) is 0.717. The summed E-state index contributed by atoms with van der Waals surface area (Å²) in [4.78, 5) is 11.6. The van der Waals surface area contributed by atoms with Gasteiger partial charge in [0.2, 0.25) is 0 Å². The summed E-state index contributed by atoms with van der Waals surface area (Å²) in [6.45, 7) is 0. The number of hydrogen-bond acceptors (Lipinski definition) is 2. The first-order valence-corrected chi connectivity index (χ1v) is 4.97. The molecule has 0 aromatic heterocycles. The van der Waals surface area contributed by atoms with E-state index >= 15 is 0 Å². The molecule has 0 unspecified atom stereocenters. The highest BCUT2D eigenvalue weighted by atomic mass is 16.3. The first kappa shape index (κ1) is 7.07.